The van der Waals surface area contributed by atoms with Gasteiger partial charge >= 0.3 is 0 Å². The number of aromatic nitrogens is 1. The Labute approximate surface area is 98.3 Å². The molecule has 0 saturated carbocycles. The number of hydrogen-bond acceptors (Lipinski definition) is 3. The summed E-state index contributed by atoms with van der Waals surface area (Å²) in [6, 6.07) is 4.68. The minimum absolute atomic E-state index is 0.250. The topological polar surface area (TPSA) is 38.9 Å². The van der Waals surface area contributed by atoms with Crippen molar-refractivity contribution in [3.05, 3.63) is 29.0 Å². The van der Waals surface area contributed by atoms with Crippen molar-refractivity contribution in [3.8, 4) is 0 Å². The molecule has 0 spiro atoms. The maximum absolute atomic E-state index is 13.0. The first-order chi connectivity index (χ1) is 7.59. The quantitative estimate of drug-likeness (QED) is 0.890. The highest BCUT2D eigenvalue weighted by Crippen LogP contribution is 2.32. The van der Waals surface area contributed by atoms with Gasteiger partial charge in [0, 0.05) is 6.07 Å². The molecule has 2 aromatic rings. The first-order valence-electron chi connectivity index (χ1n) is 5.44. The van der Waals surface area contributed by atoms with Crippen molar-refractivity contribution >= 4 is 21.6 Å². The van der Waals surface area contributed by atoms with Crippen LogP contribution in [0, 0.1) is 5.82 Å². The summed E-state index contributed by atoms with van der Waals surface area (Å²) in [5, 5.41) is 0.901. The summed E-state index contributed by atoms with van der Waals surface area (Å²) >= 11 is 1.56. The zero-order valence-electron chi connectivity index (χ0n) is 9.46. The highest BCUT2D eigenvalue weighted by atomic mass is 32.1. The molecule has 0 aliphatic rings. The Balaban J connectivity index is 2.54. The molecule has 0 fully saturated rings. The summed E-state index contributed by atoms with van der Waals surface area (Å²) in [6.07, 6.45) is 1.68. The van der Waals surface area contributed by atoms with E-state index in [1.807, 2.05) is 0 Å². The summed E-state index contributed by atoms with van der Waals surface area (Å²) < 4.78 is 14.0. The Morgan fingerprint density at radius 1 is 1.38 bits per heavy atom. The third-order valence-corrected chi connectivity index (χ3v) is 4.29. The molecule has 0 bridgehead atoms. The SMILES string of the molecule is CCC(N)(CC)c1nc2cc(F)ccc2s1. The van der Waals surface area contributed by atoms with Gasteiger partial charge in [-0.05, 0) is 25.0 Å². The first-order valence-corrected chi connectivity index (χ1v) is 6.26. The predicted molar refractivity (Wildman–Crippen MR) is 66.0 cm³/mol. The third-order valence-electron chi connectivity index (χ3n) is 3.04. The van der Waals surface area contributed by atoms with Gasteiger partial charge in [0.15, 0.2) is 0 Å². The molecule has 0 radical (unpaired) electrons. The number of fused-ring (bicyclic) bond motifs is 1. The van der Waals surface area contributed by atoms with Crippen LogP contribution in [-0.4, -0.2) is 4.98 Å². The lowest BCUT2D eigenvalue weighted by Crippen LogP contribution is -2.34. The van der Waals surface area contributed by atoms with Crippen LogP contribution < -0.4 is 5.73 Å². The number of nitrogens with zero attached hydrogens (tertiary/aromatic N) is 1. The van der Waals surface area contributed by atoms with Gasteiger partial charge in [-0.1, -0.05) is 13.8 Å². The van der Waals surface area contributed by atoms with Gasteiger partial charge in [-0.3, -0.25) is 0 Å². The Morgan fingerprint density at radius 3 is 2.69 bits per heavy atom. The smallest absolute Gasteiger partial charge is 0.125 e. The largest absolute Gasteiger partial charge is 0.319 e. The van der Waals surface area contributed by atoms with Gasteiger partial charge in [0.2, 0.25) is 0 Å². The lowest BCUT2D eigenvalue weighted by molar-refractivity contribution is 0.411. The molecule has 0 saturated heterocycles. The molecule has 16 heavy (non-hydrogen) atoms. The second-order valence-electron chi connectivity index (χ2n) is 3.99. The monoisotopic (exact) mass is 238 g/mol. The minimum Gasteiger partial charge on any atom is -0.319 e. The molecule has 0 atom stereocenters. The maximum atomic E-state index is 13.0. The van der Waals surface area contributed by atoms with Crippen molar-refractivity contribution < 1.29 is 4.39 Å². The van der Waals surface area contributed by atoms with Crippen LogP contribution in [-0.2, 0) is 5.54 Å². The van der Waals surface area contributed by atoms with E-state index in [9.17, 15) is 4.39 Å². The van der Waals surface area contributed by atoms with Crippen LogP contribution in [0.2, 0.25) is 0 Å². The number of rotatable bonds is 3. The number of hydrogen-bond donors (Lipinski definition) is 1. The molecule has 1 aromatic heterocycles. The standard InChI is InChI=1S/C12H15FN2S/c1-3-12(14,4-2)11-15-9-7-8(13)5-6-10(9)16-11/h5-7H,3-4,14H2,1-2H3. The van der Waals surface area contributed by atoms with E-state index in [1.165, 1.54) is 12.1 Å². The minimum atomic E-state index is -0.375. The van der Waals surface area contributed by atoms with E-state index in [1.54, 1.807) is 17.4 Å². The molecule has 1 aromatic carbocycles. The van der Waals surface area contributed by atoms with Gasteiger partial charge in [0.1, 0.15) is 10.8 Å². The van der Waals surface area contributed by atoms with Crippen LogP contribution in [0.5, 0.6) is 0 Å². The Bertz CT molecular complexity index is 503. The lowest BCUT2D eigenvalue weighted by Gasteiger charge is -2.23. The summed E-state index contributed by atoms with van der Waals surface area (Å²) in [5.74, 6) is -0.250. The van der Waals surface area contributed by atoms with E-state index in [2.05, 4.69) is 18.8 Å². The number of benzene rings is 1. The van der Waals surface area contributed by atoms with Crippen LogP contribution >= 0.6 is 11.3 Å². The van der Waals surface area contributed by atoms with Crippen molar-refractivity contribution in [1.29, 1.82) is 0 Å². The van der Waals surface area contributed by atoms with E-state index >= 15 is 0 Å². The van der Waals surface area contributed by atoms with Crippen molar-refractivity contribution in [1.82, 2.24) is 4.98 Å². The fourth-order valence-electron chi connectivity index (χ4n) is 1.67. The summed E-state index contributed by atoms with van der Waals surface area (Å²) in [5.41, 5.74) is 6.60. The number of nitrogens with two attached hydrogens (primary N) is 1. The first kappa shape index (κ1) is 11.5. The molecular weight excluding hydrogens is 223 g/mol. The van der Waals surface area contributed by atoms with Gasteiger partial charge in [0.05, 0.1) is 15.8 Å². The molecule has 2 nitrogen and oxygen atoms in total. The Morgan fingerprint density at radius 2 is 2.06 bits per heavy atom. The molecule has 0 amide bonds. The zero-order chi connectivity index (χ0) is 11.8. The van der Waals surface area contributed by atoms with Gasteiger partial charge in [-0.2, -0.15) is 0 Å². The zero-order valence-corrected chi connectivity index (χ0v) is 10.3. The molecule has 2 rings (SSSR count). The molecule has 1 heterocycles. The molecule has 0 aliphatic carbocycles. The summed E-state index contributed by atoms with van der Waals surface area (Å²) in [4.78, 5) is 4.44. The molecule has 86 valence electrons. The van der Waals surface area contributed by atoms with E-state index in [4.69, 9.17) is 5.73 Å². The normalized spacial score (nSPS) is 12.2. The highest BCUT2D eigenvalue weighted by molar-refractivity contribution is 7.18. The van der Waals surface area contributed by atoms with E-state index in [0.717, 1.165) is 22.5 Å². The van der Waals surface area contributed by atoms with E-state index < -0.39 is 0 Å². The fraction of sp³-hybridized carbons (Fsp3) is 0.417. The lowest BCUT2D eigenvalue weighted by atomic mass is 9.95. The Hall–Kier alpha value is -1.00. The van der Waals surface area contributed by atoms with Crippen LogP contribution in [0.15, 0.2) is 18.2 Å². The number of thiazole rings is 1. The molecule has 0 aliphatic heterocycles. The van der Waals surface area contributed by atoms with Gasteiger partial charge in [-0.15, -0.1) is 11.3 Å². The van der Waals surface area contributed by atoms with E-state index in [-0.39, 0.29) is 11.4 Å². The highest BCUT2D eigenvalue weighted by Gasteiger charge is 2.26. The second-order valence-corrected chi connectivity index (χ2v) is 5.02. The predicted octanol–water partition coefficient (Wildman–Crippen LogP) is 3.41. The third kappa shape index (κ3) is 1.83. The summed E-state index contributed by atoms with van der Waals surface area (Å²) in [6.45, 7) is 4.10. The van der Waals surface area contributed by atoms with Crippen molar-refractivity contribution in [2.75, 3.05) is 0 Å². The average molecular weight is 238 g/mol. The van der Waals surface area contributed by atoms with E-state index in [0.29, 0.717) is 5.52 Å². The molecule has 0 unspecified atom stereocenters. The fourth-order valence-corrected chi connectivity index (χ4v) is 2.86. The van der Waals surface area contributed by atoms with Crippen molar-refractivity contribution in [2.45, 2.75) is 32.2 Å². The second kappa shape index (κ2) is 4.11. The van der Waals surface area contributed by atoms with Gasteiger partial charge in [0.25, 0.3) is 0 Å². The number of halogens is 1. The summed E-state index contributed by atoms with van der Waals surface area (Å²) in [7, 11) is 0. The van der Waals surface area contributed by atoms with Gasteiger partial charge < -0.3 is 5.73 Å². The van der Waals surface area contributed by atoms with Crippen LogP contribution in [0.25, 0.3) is 10.2 Å². The van der Waals surface area contributed by atoms with Gasteiger partial charge in [-0.25, -0.2) is 9.37 Å². The molecular formula is C12H15FN2S. The maximum Gasteiger partial charge on any atom is 0.125 e. The molecule has 4 heteroatoms. The van der Waals surface area contributed by atoms with Crippen LogP contribution in [0.4, 0.5) is 4.39 Å². The van der Waals surface area contributed by atoms with Crippen LogP contribution in [0.3, 0.4) is 0 Å². The Kier molecular flexibility index (Phi) is 2.95. The van der Waals surface area contributed by atoms with Crippen molar-refractivity contribution in [3.63, 3.8) is 0 Å². The van der Waals surface area contributed by atoms with Crippen LogP contribution in [0.1, 0.15) is 31.7 Å². The average Bonchev–Trinajstić information content (AvgIpc) is 2.71. The van der Waals surface area contributed by atoms with Crippen molar-refractivity contribution in [2.24, 2.45) is 5.73 Å². The molecule has 2 N–H and O–H groups in total.